The van der Waals surface area contributed by atoms with Gasteiger partial charge in [0, 0.05) is 30.1 Å². The third kappa shape index (κ3) is 3.71. The van der Waals surface area contributed by atoms with Gasteiger partial charge in [0.1, 0.15) is 5.82 Å². The zero-order valence-electron chi connectivity index (χ0n) is 16.8. The standard InChI is InChI=1S/C23H23ClN6/c1-15-9-10-16(18(24)13-15)20-14-21(30-11-5-2-6-12-30)26-23(25-20)27-22-17-7-3-4-8-19(17)28-29-22/h3-4,7-10,13-14H,2,5-6,11-12H2,1H3,(H2,25,26,27,28,29). The Morgan fingerprint density at radius 1 is 1.00 bits per heavy atom. The van der Waals surface area contributed by atoms with Crippen LogP contribution < -0.4 is 10.2 Å². The number of benzene rings is 2. The summed E-state index contributed by atoms with van der Waals surface area (Å²) in [6, 6.07) is 16.1. The van der Waals surface area contributed by atoms with E-state index in [9.17, 15) is 0 Å². The van der Waals surface area contributed by atoms with Crippen LogP contribution in [0.2, 0.25) is 5.02 Å². The number of halogens is 1. The first-order valence-electron chi connectivity index (χ1n) is 10.3. The van der Waals surface area contributed by atoms with Crippen molar-refractivity contribution in [3.05, 3.63) is 59.1 Å². The second-order valence-electron chi connectivity index (χ2n) is 7.71. The first kappa shape index (κ1) is 18.9. The number of hydrogen-bond donors (Lipinski definition) is 2. The molecule has 0 unspecified atom stereocenters. The van der Waals surface area contributed by atoms with Gasteiger partial charge in [0.25, 0.3) is 0 Å². The highest BCUT2D eigenvalue weighted by Gasteiger charge is 2.17. The molecule has 1 aliphatic rings. The van der Waals surface area contributed by atoms with Crippen LogP contribution in [-0.4, -0.2) is 33.3 Å². The van der Waals surface area contributed by atoms with Gasteiger partial charge in [0.05, 0.1) is 16.2 Å². The van der Waals surface area contributed by atoms with Gasteiger partial charge in [-0.3, -0.25) is 5.10 Å². The lowest BCUT2D eigenvalue weighted by molar-refractivity contribution is 0.573. The highest BCUT2D eigenvalue weighted by atomic mass is 35.5. The smallest absolute Gasteiger partial charge is 0.230 e. The molecule has 2 N–H and O–H groups in total. The molecule has 0 atom stereocenters. The number of aromatic amines is 1. The summed E-state index contributed by atoms with van der Waals surface area (Å²) >= 11 is 6.56. The zero-order chi connectivity index (χ0) is 20.5. The van der Waals surface area contributed by atoms with Crippen molar-refractivity contribution in [2.24, 2.45) is 0 Å². The highest BCUT2D eigenvalue weighted by molar-refractivity contribution is 6.33. The van der Waals surface area contributed by atoms with Gasteiger partial charge in [-0.2, -0.15) is 10.1 Å². The Hall–Kier alpha value is -3.12. The molecule has 0 aliphatic carbocycles. The molecule has 2 aromatic heterocycles. The Labute approximate surface area is 180 Å². The third-order valence-electron chi connectivity index (χ3n) is 5.49. The molecule has 2 aromatic carbocycles. The summed E-state index contributed by atoms with van der Waals surface area (Å²) in [4.78, 5) is 11.9. The number of aryl methyl sites for hydroxylation is 1. The van der Waals surface area contributed by atoms with Crippen LogP contribution in [-0.2, 0) is 0 Å². The molecular weight excluding hydrogens is 396 g/mol. The fourth-order valence-electron chi connectivity index (χ4n) is 3.91. The van der Waals surface area contributed by atoms with E-state index in [4.69, 9.17) is 21.6 Å². The maximum atomic E-state index is 6.56. The summed E-state index contributed by atoms with van der Waals surface area (Å²) in [5.74, 6) is 2.14. The summed E-state index contributed by atoms with van der Waals surface area (Å²) in [7, 11) is 0. The Bertz CT molecular complexity index is 1200. The number of piperidine rings is 1. The Morgan fingerprint density at radius 2 is 1.83 bits per heavy atom. The lowest BCUT2D eigenvalue weighted by Crippen LogP contribution is -2.30. The number of fused-ring (bicyclic) bond motifs is 1. The Kier molecular flexibility index (Phi) is 5.01. The number of H-pyrrole nitrogens is 1. The van der Waals surface area contributed by atoms with Crippen LogP contribution in [0.5, 0.6) is 0 Å². The molecule has 0 bridgehead atoms. The highest BCUT2D eigenvalue weighted by Crippen LogP contribution is 2.32. The molecule has 4 aromatic rings. The number of aromatic nitrogens is 4. The number of hydrogen-bond acceptors (Lipinski definition) is 5. The van der Waals surface area contributed by atoms with E-state index >= 15 is 0 Å². The van der Waals surface area contributed by atoms with Gasteiger partial charge < -0.3 is 10.2 Å². The predicted octanol–water partition coefficient (Wildman–Crippen LogP) is 5.72. The molecule has 152 valence electrons. The van der Waals surface area contributed by atoms with E-state index in [1.54, 1.807) is 0 Å². The average Bonchev–Trinajstić information content (AvgIpc) is 3.17. The molecule has 0 amide bonds. The van der Waals surface area contributed by atoms with Crippen LogP contribution in [0.25, 0.3) is 22.2 Å². The molecule has 7 heteroatoms. The fourth-order valence-corrected chi connectivity index (χ4v) is 4.24. The lowest BCUT2D eigenvalue weighted by atomic mass is 10.1. The summed E-state index contributed by atoms with van der Waals surface area (Å²) in [5.41, 5.74) is 3.79. The second kappa shape index (κ2) is 7.95. The average molecular weight is 419 g/mol. The van der Waals surface area contributed by atoms with Crippen LogP contribution >= 0.6 is 11.6 Å². The minimum absolute atomic E-state index is 0.516. The maximum Gasteiger partial charge on any atom is 0.230 e. The molecule has 5 rings (SSSR count). The normalized spacial score (nSPS) is 14.3. The van der Waals surface area contributed by atoms with E-state index < -0.39 is 0 Å². The molecule has 1 fully saturated rings. The first-order chi connectivity index (χ1) is 14.7. The summed E-state index contributed by atoms with van der Waals surface area (Å²) in [6.07, 6.45) is 3.62. The van der Waals surface area contributed by atoms with E-state index in [1.165, 1.54) is 19.3 Å². The Morgan fingerprint density at radius 3 is 2.67 bits per heavy atom. The van der Waals surface area contributed by atoms with Gasteiger partial charge in [-0.1, -0.05) is 35.9 Å². The molecule has 1 aliphatic heterocycles. The van der Waals surface area contributed by atoms with Crippen molar-refractivity contribution in [3.63, 3.8) is 0 Å². The van der Waals surface area contributed by atoms with Crippen molar-refractivity contribution < 1.29 is 0 Å². The second-order valence-corrected chi connectivity index (χ2v) is 8.12. The first-order valence-corrected chi connectivity index (χ1v) is 10.7. The summed E-state index contributed by atoms with van der Waals surface area (Å²) in [6.45, 7) is 4.04. The van der Waals surface area contributed by atoms with Crippen LogP contribution in [0.1, 0.15) is 24.8 Å². The number of rotatable bonds is 4. The lowest BCUT2D eigenvalue weighted by Gasteiger charge is -2.28. The van der Waals surface area contributed by atoms with Crippen molar-refractivity contribution in [1.29, 1.82) is 0 Å². The fraction of sp³-hybridized carbons (Fsp3) is 0.261. The molecular formula is C23H23ClN6. The largest absolute Gasteiger partial charge is 0.356 e. The van der Waals surface area contributed by atoms with Crippen molar-refractivity contribution in [1.82, 2.24) is 20.2 Å². The molecule has 6 nitrogen and oxygen atoms in total. The van der Waals surface area contributed by atoms with Gasteiger partial charge >= 0.3 is 0 Å². The van der Waals surface area contributed by atoms with Gasteiger partial charge in [0.15, 0.2) is 5.82 Å². The quantitative estimate of drug-likeness (QED) is 0.443. The van der Waals surface area contributed by atoms with Crippen LogP contribution in [0.15, 0.2) is 48.5 Å². The van der Waals surface area contributed by atoms with E-state index in [-0.39, 0.29) is 0 Å². The minimum Gasteiger partial charge on any atom is -0.356 e. The summed E-state index contributed by atoms with van der Waals surface area (Å²) in [5, 5.41) is 12.5. The molecule has 3 heterocycles. The molecule has 0 saturated carbocycles. The van der Waals surface area contributed by atoms with Crippen molar-refractivity contribution in [3.8, 4) is 11.3 Å². The monoisotopic (exact) mass is 418 g/mol. The van der Waals surface area contributed by atoms with Crippen molar-refractivity contribution in [2.45, 2.75) is 26.2 Å². The van der Waals surface area contributed by atoms with Crippen LogP contribution in [0.3, 0.4) is 0 Å². The van der Waals surface area contributed by atoms with E-state index in [0.29, 0.717) is 16.8 Å². The number of anilines is 3. The van der Waals surface area contributed by atoms with Crippen molar-refractivity contribution in [2.75, 3.05) is 23.3 Å². The maximum absolute atomic E-state index is 6.56. The molecule has 30 heavy (non-hydrogen) atoms. The van der Waals surface area contributed by atoms with Crippen LogP contribution in [0, 0.1) is 6.92 Å². The zero-order valence-corrected chi connectivity index (χ0v) is 17.6. The Balaban J connectivity index is 1.58. The molecule has 0 spiro atoms. The number of nitrogens with one attached hydrogen (secondary N) is 2. The van der Waals surface area contributed by atoms with Gasteiger partial charge in [0.2, 0.25) is 5.95 Å². The number of nitrogens with zero attached hydrogens (tertiary/aromatic N) is 4. The molecule has 0 radical (unpaired) electrons. The number of para-hydroxylation sites is 1. The SMILES string of the molecule is Cc1ccc(-c2cc(N3CCCCC3)nc(Nc3n[nH]c4ccccc34)n2)c(Cl)c1. The van der Waals surface area contributed by atoms with Gasteiger partial charge in [-0.05, 0) is 49.9 Å². The van der Waals surface area contributed by atoms with Gasteiger partial charge in [-0.25, -0.2) is 4.98 Å². The topological polar surface area (TPSA) is 69.7 Å². The van der Waals surface area contributed by atoms with Crippen molar-refractivity contribution >= 4 is 40.1 Å². The summed E-state index contributed by atoms with van der Waals surface area (Å²) < 4.78 is 0. The van der Waals surface area contributed by atoms with Crippen LogP contribution in [0.4, 0.5) is 17.6 Å². The van der Waals surface area contributed by atoms with E-state index in [2.05, 4.69) is 26.5 Å². The predicted molar refractivity (Wildman–Crippen MR) is 123 cm³/mol. The van der Waals surface area contributed by atoms with E-state index in [1.807, 2.05) is 49.4 Å². The van der Waals surface area contributed by atoms with E-state index in [0.717, 1.165) is 46.6 Å². The minimum atomic E-state index is 0.516. The third-order valence-corrected chi connectivity index (χ3v) is 5.81. The molecule has 1 saturated heterocycles. The van der Waals surface area contributed by atoms with Gasteiger partial charge in [-0.15, -0.1) is 0 Å².